The van der Waals surface area contributed by atoms with Crippen LogP contribution in [0.3, 0.4) is 0 Å². The molecule has 4 aromatic rings. The van der Waals surface area contributed by atoms with Crippen molar-refractivity contribution in [1.29, 1.82) is 0 Å². The second-order valence-electron chi connectivity index (χ2n) is 5.94. The number of hydrogen-bond donors (Lipinski definition) is 2. The molecule has 0 saturated carbocycles. The summed E-state index contributed by atoms with van der Waals surface area (Å²) in [5.74, 6) is 8.07. The summed E-state index contributed by atoms with van der Waals surface area (Å²) in [5.41, 5.74) is 0. The summed E-state index contributed by atoms with van der Waals surface area (Å²) >= 11 is 1.30. The van der Waals surface area contributed by atoms with Gasteiger partial charge < -0.3 is 20.1 Å². The summed E-state index contributed by atoms with van der Waals surface area (Å²) in [4.78, 5) is 0. The zero-order chi connectivity index (χ0) is 18.6. The first-order chi connectivity index (χ1) is 13.2. The Hall–Kier alpha value is -2.97. The van der Waals surface area contributed by atoms with Crippen molar-refractivity contribution >= 4 is 22.5 Å². The first-order valence-electron chi connectivity index (χ1n) is 8.37. The number of benzene rings is 2. The molecule has 0 spiro atoms. The monoisotopic (exact) mass is 382 g/mol. The fourth-order valence-corrected chi connectivity index (χ4v) is 3.38. The van der Waals surface area contributed by atoms with Crippen molar-refractivity contribution in [3.05, 3.63) is 60.9 Å². The molecule has 0 aliphatic rings. The van der Waals surface area contributed by atoms with Gasteiger partial charge in [0.2, 0.25) is 11.0 Å². The van der Waals surface area contributed by atoms with Crippen LogP contribution in [0.4, 0.5) is 0 Å². The number of aromatic nitrogens is 3. The molecule has 27 heavy (non-hydrogen) atoms. The van der Waals surface area contributed by atoms with Crippen molar-refractivity contribution in [1.82, 2.24) is 14.9 Å². The van der Waals surface area contributed by atoms with Gasteiger partial charge in [-0.2, -0.15) is 0 Å². The van der Waals surface area contributed by atoms with E-state index >= 15 is 0 Å². The van der Waals surface area contributed by atoms with Gasteiger partial charge in [0.05, 0.1) is 12.4 Å². The first kappa shape index (κ1) is 17.4. The third kappa shape index (κ3) is 3.91. The van der Waals surface area contributed by atoms with Gasteiger partial charge in [-0.05, 0) is 35.0 Å². The van der Waals surface area contributed by atoms with Crippen LogP contribution in [0.25, 0.3) is 22.4 Å². The van der Waals surface area contributed by atoms with Crippen LogP contribution in [-0.4, -0.2) is 38.4 Å². The number of hydrogen-bond acceptors (Lipinski definition) is 7. The molecule has 0 fully saturated rings. The van der Waals surface area contributed by atoms with Crippen LogP contribution in [0.15, 0.2) is 70.4 Å². The fourth-order valence-electron chi connectivity index (χ4n) is 2.62. The molecule has 0 aliphatic heterocycles. The lowest BCUT2D eigenvalue weighted by Gasteiger charge is -2.12. The van der Waals surface area contributed by atoms with E-state index in [1.54, 1.807) is 18.4 Å². The molecular formula is C19H18N4O3S. The van der Waals surface area contributed by atoms with E-state index in [-0.39, 0.29) is 6.61 Å². The molecule has 2 aromatic carbocycles. The minimum absolute atomic E-state index is 0.176. The third-order valence-electron chi connectivity index (χ3n) is 3.97. The Labute approximate surface area is 159 Å². The van der Waals surface area contributed by atoms with E-state index < -0.39 is 6.10 Å². The normalized spacial score (nSPS) is 12.3. The van der Waals surface area contributed by atoms with E-state index in [2.05, 4.69) is 10.2 Å². The lowest BCUT2D eigenvalue weighted by atomic mass is 10.1. The van der Waals surface area contributed by atoms with E-state index in [1.165, 1.54) is 16.4 Å². The van der Waals surface area contributed by atoms with E-state index in [9.17, 15) is 5.11 Å². The van der Waals surface area contributed by atoms with Crippen molar-refractivity contribution in [2.45, 2.75) is 11.3 Å². The maximum absolute atomic E-state index is 10.2. The van der Waals surface area contributed by atoms with Crippen molar-refractivity contribution in [3.8, 4) is 17.3 Å². The smallest absolute Gasteiger partial charge is 0.218 e. The molecule has 0 amide bonds. The molecule has 2 aromatic heterocycles. The number of rotatable bonds is 7. The van der Waals surface area contributed by atoms with Crippen LogP contribution in [0.2, 0.25) is 0 Å². The van der Waals surface area contributed by atoms with Gasteiger partial charge >= 0.3 is 0 Å². The Morgan fingerprint density at radius 3 is 2.78 bits per heavy atom. The highest BCUT2D eigenvalue weighted by Gasteiger charge is 2.16. The lowest BCUT2D eigenvalue weighted by Crippen LogP contribution is -2.21. The van der Waals surface area contributed by atoms with Crippen LogP contribution in [0, 0.1) is 0 Å². The standard InChI is InChI=1S/C19H18N4O3S/c20-23-18(17-6-3-9-25-17)21-22-19(23)27-12-15(24)11-26-16-8-7-13-4-1-2-5-14(13)10-16/h1-10,15,24H,11-12,20H2. The predicted molar refractivity (Wildman–Crippen MR) is 104 cm³/mol. The van der Waals surface area contributed by atoms with Gasteiger partial charge in [0.1, 0.15) is 12.4 Å². The summed E-state index contributed by atoms with van der Waals surface area (Å²) in [6.45, 7) is 0.176. The Morgan fingerprint density at radius 1 is 1.11 bits per heavy atom. The zero-order valence-electron chi connectivity index (χ0n) is 14.4. The summed E-state index contributed by atoms with van der Waals surface area (Å²) < 4.78 is 12.3. The molecule has 0 bridgehead atoms. The van der Waals surface area contributed by atoms with Gasteiger partial charge in [-0.3, -0.25) is 0 Å². The number of ether oxygens (including phenoxy) is 1. The van der Waals surface area contributed by atoms with Crippen LogP contribution >= 0.6 is 11.8 Å². The van der Waals surface area contributed by atoms with Crippen molar-refractivity contribution < 1.29 is 14.3 Å². The van der Waals surface area contributed by atoms with E-state index in [1.807, 2.05) is 42.5 Å². The van der Waals surface area contributed by atoms with Crippen molar-refractivity contribution in [2.75, 3.05) is 18.2 Å². The highest BCUT2D eigenvalue weighted by atomic mass is 32.2. The van der Waals surface area contributed by atoms with Crippen molar-refractivity contribution in [3.63, 3.8) is 0 Å². The number of furan rings is 1. The van der Waals surface area contributed by atoms with E-state index in [4.69, 9.17) is 15.0 Å². The van der Waals surface area contributed by atoms with Gasteiger partial charge in [0.25, 0.3) is 0 Å². The van der Waals surface area contributed by atoms with Gasteiger partial charge in [-0.25, -0.2) is 4.68 Å². The average Bonchev–Trinajstić information content (AvgIpc) is 3.34. The number of nitrogens with zero attached hydrogens (tertiary/aromatic N) is 3. The molecule has 7 nitrogen and oxygen atoms in total. The van der Waals surface area contributed by atoms with Gasteiger partial charge in [-0.1, -0.05) is 42.1 Å². The number of nitrogens with two attached hydrogens (primary N) is 1. The van der Waals surface area contributed by atoms with Crippen LogP contribution in [-0.2, 0) is 0 Å². The Kier molecular flexibility index (Phi) is 4.99. The summed E-state index contributed by atoms with van der Waals surface area (Å²) in [5, 5.41) is 21.0. The predicted octanol–water partition coefficient (Wildman–Crippen LogP) is 2.94. The summed E-state index contributed by atoms with van der Waals surface area (Å²) in [6.07, 6.45) is 0.871. The number of thioether (sulfide) groups is 1. The highest BCUT2D eigenvalue weighted by Crippen LogP contribution is 2.23. The molecule has 2 heterocycles. The number of aliphatic hydroxyl groups is 1. The van der Waals surface area contributed by atoms with Gasteiger partial charge in [0.15, 0.2) is 5.76 Å². The maximum atomic E-state index is 10.2. The van der Waals surface area contributed by atoms with Crippen molar-refractivity contribution in [2.24, 2.45) is 0 Å². The third-order valence-corrected chi connectivity index (χ3v) is 5.06. The summed E-state index contributed by atoms with van der Waals surface area (Å²) in [6, 6.07) is 17.4. The molecule has 3 N–H and O–H groups in total. The number of aliphatic hydroxyl groups excluding tert-OH is 1. The molecule has 138 valence electrons. The van der Waals surface area contributed by atoms with Gasteiger partial charge in [-0.15, -0.1) is 10.2 Å². The van der Waals surface area contributed by atoms with Crippen LogP contribution < -0.4 is 10.6 Å². The van der Waals surface area contributed by atoms with Crippen LogP contribution in [0.1, 0.15) is 0 Å². The molecule has 0 saturated heterocycles. The zero-order valence-corrected chi connectivity index (χ0v) is 15.2. The highest BCUT2D eigenvalue weighted by molar-refractivity contribution is 7.99. The SMILES string of the molecule is Nn1c(SCC(O)COc2ccc3ccccc3c2)nnc1-c1ccco1. The largest absolute Gasteiger partial charge is 0.491 e. The minimum atomic E-state index is -0.676. The Balaban J connectivity index is 1.32. The quantitative estimate of drug-likeness (QED) is 0.374. The molecule has 0 aliphatic carbocycles. The van der Waals surface area contributed by atoms with E-state index in [0.717, 1.165) is 16.5 Å². The molecule has 0 radical (unpaired) electrons. The number of nitrogen functional groups attached to an aromatic ring is 1. The summed E-state index contributed by atoms with van der Waals surface area (Å²) in [7, 11) is 0. The molecule has 1 atom stereocenters. The maximum Gasteiger partial charge on any atom is 0.218 e. The molecular weight excluding hydrogens is 364 g/mol. The van der Waals surface area contributed by atoms with Gasteiger partial charge in [0, 0.05) is 5.75 Å². The minimum Gasteiger partial charge on any atom is -0.491 e. The topological polar surface area (TPSA) is 99.3 Å². The van der Waals surface area contributed by atoms with Crippen LogP contribution in [0.5, 0.6) is 5.75 Å². The Morgan fingerprint density at radius 2 is 1.96 bits per heavy atom. The lowest BCUT2D eigenvalue weighted by molar-refractivity contribution is 0.126. The Bertz CT molecular complexity index is 1030. The first-order valence-corrected chi connectivity index (χ1v) is 9.36. The molecule has 1 unspecified atom stereocenters. The fraction of sp³-hybridized carbons (Fsp3) is 0.158. The molecule has 4 rings (SSSR count). The average molecular weight is 382 g/mol. The van der Waals surface area contributed by atoms with E-state index in [0.29, 0.717) is 22.5 Å². The second-order valence-corrected chi connectivity index (χ2v) is 6.93. The second kappa shape index (κ2) is 7.73. The number of fused-ring (bicyclic) bond motifs is 1. The molecule has 8 heteroatoms.